The van der Waals surface area contributed by atoms with Gasteiger partial charge in [0.1, 0.15) is 6.33 Å². The summed E-state index contributed by atoms with van der Waals surface area (Å²) < 4.78 is 7.07. The Morgan fingerprint density at radius 2 is 2.50 bits per heavy atom. The van der Waals surface area contributed by atoms with Crippen LogP contribution in [0.15, 0.2) is 18.7 Å². The van der Waals surface area contributed by atoms with Crippen LogP contribution in [0.3, 0.4) is 0 Å². The Morgan fingerprint density at radius 1 is 1.62 bits per heavy atom. The van der Waals surface area contributed by atoms with Crippen LogP contribution in [0.4, 0.5) is 4.79 Å². The lowest BCUT2D eigenvalue weighted by atomic mass is 10.1. The zero-order valence-corrected chi connectivity index (χ0v) is 9.50. The number of amides is 1. The molecule has 1 saturated heterocycles. The van der Waals surface area contributed by atoms with Gasteiger partial charge in [0, 0.05) is 32.6 Å². The van der Waals surface area contributed by atoms with Crippen LogP contribution in [0.5, 0.6) is 0 Å². The SMILES string of the molecule is CN(CC1CCCCO1)C(=O)n1ccnc1. The van der Waals surface area contributed by atoms with Crippen molar-refractivity contribution in [3.8, 4) is 0 Å². The standard InChI is InChI=1S/C11H17N3O2/c1-13(8-10-4-2-3-7-16-10)11(15)14-6-5-12-9-14/h5-6,9-10H,2-4,7-8H2,1H3. The molecule has 0 radical (unpaired) electrons. The molecule has 0 bridgehead atoms. The summed E-state index contributed by atoms with van der Waals surface area (Å²) in [5.74, 6) is 0. The molecule has 1 aromatic heterocycles. The zero-order valence-electron chi connectivity index (χ0n) is 9.50. The fourth-order valence-electron chi connectivity index (χ4n) is 1.90. The molecule has 5 nitrogen and oxygen atoms in total. The highest BCUT2D eigenvalue weighted by Gasteiger charge is 2.19. The van der Waals surface area contributed by atoms with E-state index < -0.39 is 0 Å². The van der Waals surface area contributed by atoms with Gasteiger partial charge >= 0.3 is 6.03 Å². The van der Waals surface area contributed by atoms with Crippen LogP contribution in [-0.4, -0.2) is 46.8 Å². The number of hydrogen-bond donors (Lipinski definition) is 0. The molecule has 1 fully saturated rings. The smallest absolute Gasteiger partial charge is 0.329 e. The molecule has 88 valence electrons. The number of rotatable bonds is 2. The molecule has 1 aliphatic heterocycles. The predicted octanol–water partition coefficient (Wildman–Crippen LogP) is 1.35. The first-order chi connectivity index (χ1) is 7.77. The van der Waals surface area contributed by atoms with Crippen LogP contribution in [0, 0.1) is 0 Å². The Bertz CT molecular complexity index is 331. The molecule has 16 heavy (non-hydrogen) atoms. The van der Waals surface area contributed by atoms with Gasteiger partial charge in [-0.15, -0.1) is 0 Å². The van der Waals surface area contributed by atoms with Gasteiger partial charge in [-0.05, 0) is 19.3 Å². The summed E-state index contributed by atoms with van der Waals surface area (Å²) in [5.41, 5.74) is 0. The van der Waals surface area contributed by atoms with Crippen LogP contribution in [0.25, 0.3) is 0 Å². The Balaban J connectivity index is 1.87. The molecular formula is C11H17N3O2. The summed E-state index contributed by atoms with van der Waals surface area (Å²) in [6.07, 6.45) is 8.32. The van der Waals surface area contributed by atoms with E-state index in [4.69, 9.17) is 4.74 Å². The summed E-state index contributed by atoms with van der Waals surface area (Å²) in [4.78, 5) is 17.4. The highest BCUT2D eigenvalue weighted by Crippen LogP contribution is 2.13. The van der Waals surface area contributed by atoms with Crippen molar-refractivity contribution in [1.29, 1.82) is 0 Å². The minimum absolute atomic E-state index is 0.0633. The Hall–Kier alpha value is -1.36. The molecule has 1 unspecified atom stereocenters. The van der Waals surface area contributed by atoms with Gasteiger partial charge < -0.3 is 9.64 Å². The van der Waals surface area contributed by atoms with Crippen molar-refractivity contribution in [3.05, 3.63) is 18.7 Å². The molecule has 0 saturated carbocycles. The van der Waals surface area contributed by atoms with Gasteiger partial charge in [-0.25, -0.2) is 9.78 Å². The normalized spacial score (nSPS) is 20.7. The highest BCUT2D eigenvalue weighted by molar-refractivity contribution is 5.76. The monoisotopic (exact) mass is 223 g/mol. The molecule has 2 heterocycles. The van der Waals surface area contributed by atoms with Crippen LogP contribution >= 0.6 is 0 Å². The number of carbonyl (C=O) groups is 1. The van der Waals surface area contributed by atoms with Gasteiger partial charge in [0.2, 0.25) is 0 Å². The number of imidazole rings is 1. The first kappa shape index (κ1) is 11.1. The van der Waals surface area contributed by atoms with Crippen molar-refractivity contribution in [2.45, 2.75) is 25.4 Å². The number of hydrogen-bond acceptors (Lipinski definition) is 3. The second-order valence-electron chi connectivity index (χ2n) is 4.12. The third-order valence-electron chi connectivity index (χ3n) is 2.80. The third kappa shape index (κ3) is 2.61. The minimum atomic E-state index is -0.0633. The van der Waals surface area contributed by atoms with Crippen LogP contribution in [0.1, 0.15) is 19.3 Å². The fourth-order valence-corrected chi connectivity index (χ4v) is 1.90. The average molecular weight is 223 g/mol. The summed E-state index contributed by atoms with van der Waals surface area (Å²) in [6.45, 7) is 1.47. The topological polar surface area (TPSA) is 47.4 Å². The zero-order chi connectivity index (χ0) is 11.4. The molecular weight excluding hydrogens is 206 g/mol. The molecule has 5 heteroatoms. The van der Waals surface area contributed by atoms with Crippen molar-refractivity contribution in [2.24, 2.45) is 0 Å². The van der Waals surface area contributed by atoms with E-state index in [0.717, 1.165) is 19.4 Å². The Kier molecular flexibility index (Phi) is 3.56. The van der Waals surface area contributed by atoms with Gasteiger partial charge in [-0.3, -0.25) is 4.57 Å². The number of nitrogens with zero attached hydrogens (tertiary/aromatic N) is 3. The summed E-state index contributed by atoms with van der Waals surface area (Å²) in [7, 11) is 1.79. The summed E-state index contributed by atoms with van der Waals surface area (Å²) >= 11 is 0. The summed E-state index contributed by atoms with van der Waals surface area (Å²) in [5, 5.41) is 0. The van der Waals surface area contributed by atoms with Gasteiger partial charge in [-0.1, -0.05) is 0 Å². The Labute approximate surface area is 95.0 Å². The van der Waals surface area contributed by atoms with E-state index in [2.05, 4.69) is 4.98 Å². The van der Waals surface area contributed by atoms with E-state index in [-0.39, 0.29) is 12.1 Å². The molecule has 1 atom stereocenters. The molecule has 0 aromatic carbocycles. The maximum atomic E-state index is 11.9. The lowest BCUT2D eigenvalue weighted by molar-refractivity contribution is 0.00394. The van der Waals surface area contributed by atoms with Crippen LogP contribution in [0.2, 0.25) is 0 Å². The summed E-state index contributed by atoms with van der Waals surface area (Å²) in [6, 6.07) is -0.0633. The van der Waals surface area contributed by atoms with E-state index in [1.807, 2.05) is 0 Å². The number of ether oxygens (including phenoxy) is 1. The maximum absolute atomic E-state index is 11.9. The molecule has 0 N–H and O–H groups in total. The second kappa shape index (κ2) is 5.12. The molecule has 1 aromatic rings. The molecule has 1 amide bonds. The predicted molar refractivity (Wildman–Crippen MR) is 59.2 cm³/mol. The van der Waals surface area contributed by atoms with Gasteiger partial charge in [0.25, 0.3) is 0 Å². The second-order valence-corrected chi connectivity index (χ2v) is 4.12. The quantitative estimate of drug-likeness (QED) is 0.760. The molecule has 2 rings (SSSR count). The van der Waals surface area contributed by atoms with E-state index in [0.29, 0.717) is 6.54 Å². The van der Waals surface area contributed by atoms with Crippen molar-refractivity contribution in [3.63, 3.8) is 0 Å². The molecule has 1 aliphatic rings. The van der Waals surface area contributed by atoms with E-state index in [1.165, 1.54) is 17.3 Å². The van der Waals surface area contributed by atoms with E-state index in [9.17, 15) is 4.79 Å². The lowest BCUT2D eigenvalue weighted by Gasteiger charge is -2.27. The van der Waals surface area contributed by atoms with Gasteiger partial charge in [0.05, 0.1) is 6.10 Å². The average Bonchev–Trinajstić information content (AvgIpc) is 2.83. The lowest BCUT2D eigenvalue weighted by Crippen LogP contribution is -2.38. The Morgan fingerprint density at radius 3 is 3.12 bits per heavy atom. The van der Waals surface area contributed by atoms with Crippen molar-refractivity contribution >= 4 is 6.03 Å². The fraction of sp³-hybridized carbons (Fsp3) is 0.636. The first-order valence-corrected chi connectivity index (χ1v) is 5.62. The first-order valence-electron chi connectivity index (χ1n) is 5.62. The van der Waals surface area contributed by atoms with E-state index >= 15 is 0 Å². The largest absolute Gasteiger partial charge is 0.376 e. The maximum Gasteiger partial charge on any atom is 0.329 e. The van der Waals surface area contributed by atoms with Gasteiger partial charge in [0.15, 0.2) is 0 Å². The number of likely N-dealkylation sites (N-methyl/N-ethyl adjacent to an activating group) is 1. The van der Waals surface area contributed by atoms with Crippen LogP contribution < -0.4 is 0 Å². The van der Waals surface area contributed by atoms with Crippen molar-refractivity contribution in [2.75, 3.05) is 20.2 Å². The number of carbonyl (C=O) groups excluding carboxylic acids is 1. The van der Waals surface area contributed by atoms with Crippen LogP contribution in [-0.2, 0) is 4.74 Å². The molecule has 0 aliphatic carbocycles. The van der Waals surface area contributed by atoms with Crippen molar-refractivity contribution in [1.82, 2.24) is 14.5 Å². The highest BCUT2D eigenvalue weighted by atomic mass is 16.5. The van der Waals surface area contributed by atoms with E-state index in [1.54, 1.807) is 24.3 Å². The van der Waals surface area contributed by atoms with Gasteiger partial charge in [-0.2, -0.15) is 0 Å². The van der Waals surface area contributed by atoms with Crippen molar-refractivity contribution < 1.29 is 9.53 Å². The third-order valence-corrected chi connectivity index (χ3v) is 2.80. The number of aromatic nitrogens is 2. The molecule has 0 spiro atoms. The minimum Gasteiger partial charge on any atom is -0.376 e.